The van der Waals surface area contributed by atoms with Crippen molar-refractivity contribution in [3.8, 4) is 11.5 Å². The van der Waals surface area contributed by atoms with E-state index in [0.29, 0.717) is 11.5 Å². The first-order valence-electron chi connectivity index (χ1n) is 6.74. The second-order valence-corrected chi connectivity index (χ2v) is 5.95. The molecule has 0 saturated carbocycles. The summed E-state index contributed by atoms with van der Waals surface area (Å²) in [6.07, 6.45) is -0.637. The highest BCUT2D eigenvalue weighted by molar-refractivity contribution is 7.09. The molecule has 2 aromatic rings. The molecule has 21 heavy (non-hydrogen) atoms. The molecule has 1 aliphatic heterocycles. The van der Waals surface area contributed by atoms with Crippen LogP contribution in [0.25, 0.3) is 0 Å². The van der Waals surface area contributed by atoms with Crippen LogP contribution in [0.15, 0.2) is 29.6 Å². The van der Waals surface area contributed by atoms with Gasteiger partial charge in [-0.2, -0.15) is 0 Å². The van der Waals surface area contributed by atoms with Crippen molar-refractivity contribution in [2.75, 3.05) is 6.61 Å². The third-order valence-electron chi connectivity index (χ3n) is 3.24. The van der Waals surface area contributed by atoms with Crippen LogP contribution in [0.1, 0.15) is 23.7 Å². The number of rotatable bonds is 3. The summed E-state index contributed by atoms with van der Waals surface area (Å²) in [4.78, 5) is 16.6. The van der Waals surface area contributed by atoms with Crippen LogP contribution in [-0.4, -0.2) is 23.6 Å². The fourth-order valence-electron chi connectivity index (χ4n) is 2.11. The minimum absolute atomic E-state index is 0.150. The first-order chi connectivity index (χ1) is 10.1. The van der Waals surface area contributed by atoms with Gasteiger partial charge < -0.3 is 14.8 Å². The lowest BCUT2D eigenvalue weighted by molar-refractivity contribution is -0.131. The molecular weight excluding hydrogens is 288 g/mol. The lowest BCUT2D eigenvalue weighted by atomic mass is 10.2. The maximum atomic E-state index is 12.3. The monoisotopic (exact) mass is 304 g/mol. The van der Waals surface area contributed by atoms with Crippen molar-refractivity contribution < 1.29 is 14.3 Å². The number of aromatic nitrogens is 1. The number of hydrogen-bond donors (Lipinski definition) is 1. The summed E-state index contributed by atoms with van der Waals surface area (Å²) in [6.45, 7) is 4.06. The standard InChI is InChI=1S/C15H16N2O3S/c1-9(11-8-21-10(2)17-11)16-15(18)14-7-19-12-5-3-4-6-13(12)20-14/h3-6,8-9,14H,7H2,1-2H3,(H,16,18). The van der Waals surface area contributed by atoms with Crippen molar-refractivity contribution in [2.45, 2.75) is 26.0 Å². The van der Waals surface area contributed by atoms with Crippen molar-refractivity contribution in [3.05, 3.63) is 40.3 Å². The van der Waals surface area contributed by atoms with E-state index in [4.69, 9.17) is 9.47 Å². The Labute approximate surface area is 126 Å². The minimum Gasteiger partial charge on any atom is -0.485 e. The van der Waals surface area contributed by atoms with Crippen molar-refractivity contribution in [2.24, 2.45) is 0 Å². The van der Waals surface area contributed by atoms with Crippen molar-refractivity contribution >= 4 is 17.2 Å². The molecule has 3 rings (SSSR count). The van der Waals surface area contributed by atoms with Crippen LogP contribution in [0.5, 0.6) is 11.5 Å². The van der Waals surface area contributed by atoms with Crippen LogP contribution < -0.4 is 14.8 Å². The third kappa shape index (κ3) is 3.00. The van der Waals surface area contributed by atoms with Crippen molar-refractivity contribution in [1.29, 1.82) is 0 Å². The van der Waals surface area contributed by atoms with Gasteiger partial charge in [0.2, 0.25) is 6.10 Å². The van der Waals surface area contributed by atoms with Gasteiger partial charge in [0, 0.05) is 5.38 Å². The number of para-hydroxylation sites is 2. The Balaban J connectivity index is 1.64. The number of nitrogens with one attached hydrogen (secondary N) is 1. The molecule has 5 nitrogen and oxygen atoms in total. The van der Waals surface area contributed by atoms with Gasteiger partial charge in [0.25, 0.3) is 5.91 Å². The zero-order valence-electron chi connectivity index (χ0n) is 11.8. The first-order valence-corrected chi connectivity index (χ1v) is 7.62. The number of benzene rings is 1. The van der Waals surface area contributed by atoms with E-state index in [1.54, 1.807) is 17.4 Å². The Morgan fingerprint density at radius 2 is 2.19 bits per heavy atom. The summed E-state index contributed by atoms with van der Waals surface area (Å²) in [7, 11) is 0. The number of amides is 1. The second kappa shape index (κ2) is 5.73. The molecule has 2 heterocycles. The molecule has 2 atom stereocenters. The highest BCUT2D eigenvalue weighted by Gasteiger charge is 2.28. The third-order valence-corrected chi connectivity index (χ3v) is 4.03. The molecule has 6 heteroatoms. The van der Waals surface area contributed by atoms with Crippen LogP contribution in [-0.2, 0) is 4.79 Å². The van der Waals surface area contributed by atoms with E-state index in [2.05, 4.69) is 10.3 Å². The Morgan fingerprint density at radius 1 is 1.43 bits per heavy atom. The van der Waals surface area contributed by atoms with Gasteiger partial charge in [-0.1, -0.05) is 12.1 Å². The molecule has 1 aliphatic rings. The smallest absolute Gasteiger partial charge is 0.265 e. The molecule has 1 aromatic carbocycles. The Bertz CT molecular complexity index is 656. The maximum absolute atomic E-state index is 12.3. The summed E-state index contributed by atoms with van der Waals surface area (Å²) >= 11 is 1.57. The van der Waals surface area contributed by atoms with Crippen LogP contribution in [0.3, 0.4) is 0 Å². The van der Waals surface area contributed by atoms with Gasteiger partial charge in [-0.05, 0) is 26.0 Å². The van der Waals surface area contributed by atoms with Crippen LogP contribution in [0.4, 0.5) is 0 Å². The highest BCUT2D eigenvalue weighted by atomic mass is 32.1. The van der Waals surface area contributed by atoms with Crippen molar-refractivity contribution in [3.63, 3.8) is 0 Å². The van der Waals surface area contributed by atoms with Crippen LogP contribution in [0.2, 0.25) is 0 Å². The molecule has 0 spiro atoms. The number of fused-ring (bicyclic) bond motifs is 1. The molecule has 110 valence electrons. The summed E-state index contributed by atoms with van der Waals surface area (Å²) in [5, 5.41) is 5.85. The fraction of sp³-hybridized carbons (Fsp3) is 0.333. The van der Waals surface area contributed by atoms with Gasteiger partial charge in [0.05, 0.1) is 16.7 Å². The normalized spacial score (nSPS) is 18.1. The van der Waals surface area contributed by atoms with Crippen LogP contribution >= 0.6 is 11.3 Å². The molecule has 0 aliphatic carbocycles. The lowest BCUT2D eigenvalue weighted by Crippen LogP contribution is -2.44. The highest BCUT2D eigenvalue weighted by Crippen LogP contribution is 2.31. The van der Waals surface area contributed by atoms with E-state index in [1.807, 2.05) is 37.4 Å². The molecule has 0 bridgehead atoms. The summed E-state index contributed by atoms with van der Waals surface area (Å²) in [5.74, 6) is 1.08. The summed E-state index contributed by atoms with van der Waals surface area (Å²) < 4.78 is 11.2. The number of aryl methyl sites for hydroxylation is 1. The summed E-state index contributed by atoms with van der Waals surface area (Å²) in [5.41, 5.74) is 0.864. The number of thiazole rings is 1. The maximum Gasteiger partial charge on any atom is 0.265 e. The molecule has 1 amide bonds. The van der Waals surface area contributed by atoms with E-state index in [0.717, 1.165) is 10.7 Å². The molecular formula is C15H16N2O3S. The quantitative estimate of drug-likeness (QED) is 0.946. The number of hydrogen-bond acceptors (Lipinski definition) is 5. The average molecular weight is 304 g/mol. The fourth-order valence-corrected chi connectivity index (χ4v) is 2.81. The minimum atomic E-state index is -0.637. The zero-order valence-corrected chi connectivity index (χ0v) is 12.6. The Kier molecular flexibility index (Phi) is 3.79. The van der Waals surface area contributed by atoms with E-state index in [9.17, 15) is 4.79 Å². The number of carbonyl (C=O) groups is 1. The predicted octanol–water partition coefficient (Wildman–Crippen LogP) is 2.47. The summed E-state index contributed by atoms with van der Waals surface area (Å²) in [6, 6.07) is 7.19. The molecule has 2 unspecified atom stereocenters. The average Bonchev–Trinajstić information content (AvgIpc) is 2.93. The van der Waals surface area contributed by atoms with Gasteiger partial charge in [-0.3, -0.25) is 4.79 Å². The zero-order chi connectivity index (χ0) is 14.8. The predicted molar refractivity (Wildman–Crippen MR) is 79.8 cm³/mol. The van der Waals surface area contributed by atoms with Gasteiger partial charge >= 0.3 is 0 Å². The van der Waals surface area contributed by atoms with Gasteiger partial charge in [0.15, 0.2) is 11.5 Å². The van der Waals surface area contributed by atoms with Crippen molar-refractivity contribution in [1.82, 2.24) is 10.3 Å². The van der Waals surface area contributed by atoms with Gasteiger partial charge in [0.1, 0.15) is 6.61 Å². The SMILES string of the molecule is Cc1nc(C(C)NC(=O)C2COc3ccccc3O2)cs1. The number of carbonyl (C=O) groups excluding carboxylic acids is 1. The molecule has 0 fully saturated rings. The second-order valence-electron chi connectivity index (χ2n) is 4.89. The molecule has 0 radical (unpaired) electrons. The van der Waals surface area contributed by atoms with E-state index in [-0.39, 0.29) is 18.6 Å². The lowest BCUT2D eigenvalue weighted by Gasteiger charge is -2.26. The van der Waals surface area contributed by atoms with E-state index >= 15 is 0 Å². The topological polar surface area (TPSA) is 60.5 Å². The van der Waals surface area contributed by atoms with Gasteiger partial charge in [-0.15, -0.1) is 11.3 Å². The molecule has 1 N–H and O–H groups in total. The molecule has 0 saturated heterocycles. The number of ether oxygens (including phenoxy) is 2. The Morgan fingerprint density at radius 3 is 2.90 bits per heavy atom. The first kappa shape index (κ1) is 13.9. The largest absolute Gasteiger partial charge is 0.485 e. The van der Waals surface area contributed by atoms with Crippen LogP contribution in [0, 0.1) is 6.92 Å². The number of nitrogens with zero attached hydrogens (tertiary/aromatic N) is 1. The molecule has 1 aromatic heterocycles. The van der Waals surface area contributed by atoms with E-state index < -0.39 is 6.10 Å². The van der Waals surface area contributed by atoms with E-state index in [1.165, 1.54) is 0 Å². The Hall–Kier alpha value is -2.08. The van der Waals surface area contributed by atoms with Gasteiger partial charge in [-0.25, -0.2) is 4.98 Å².